The smallest absolute Gasteiger partial charge is 0.123 e. The van der Waals surface area contributed by atoms with Gasteiger partial charge in [0.15, 0.2) is 0 Å². The Labute approximate surface area is 109 Å². The maximum absolute atomic E-state index is 4.65. The number of nitrogens with zero attached hydrogens (tertiary/aromatic N) is 2. The van der Waals surface area contributed by atoms with Gasteiger partial charge in [-0.3, -0.25) is 0 Å². The summed E-state index contributed by atoms with van der Waals surface area (Å²) in [4.78, 5) is 4.65. The molecule has 1 N–H and O–H groups in total. The minimum absolute atomic E-state index is 0.794. The highest BCUT2D eigenvalue weighted by atomic mass is 15.1. The van der Waals surface area contributed by atoms with Crippen LogP contribution in [-0.2, 0) is 13.6 Å². The molecule has 1 heterocycles. The van der Waals surface area contributed by atoms with Crippen LogP contribution in [0.1, 0.15) is 32.5 Å². The van der Waals surface area contributed by atoms with Gasteiger partial charge in [-0.1, -0.05) is 26.0 Å². The molecule has 0 fully saturated rings. The van der Waals surface area contributed by atoms with E-state index in [-0.39, 0.29) is 0 Å². The molecule has 0 saturated heterocycles. The van der Waals surface area contributed by atoms with Crippen molar-refractivity contribution < 1.29 is 0 Å². The number of imidazole rings is 1. The summed E-state index contributed by atoms with van der Waals surface area (Å²) in [5, 5.41) is 3.48. The summed E-state index contributed by atoms with van der Waals surface area (Å²) in [6.07, 6.45) is 2.52. The number of benzene rings is 1. The molecular formula is C15H23N3. The number of fused-ring (bicyclic) bond motifs is 1. The van der Waals surface area contributed by atoms with Crippen LogP contribution >= 0.6 is 0 Å². The van der Waals surface area contributed by atoms with Gasteiger partial charge in [-0.2, -0.15) is 0 Å². The highest BCUT2D eigenvalue weighted by Gasteiger charge is 2.05. The molecular weight excluding hydrogens is 222 g/mol. The minimum Gasteiger partial charge on any atom is -0.330 e. The quantitative estimate of drug-likeness (QED) is 0.793. The molecule has 0 unspecified atom stereocenters. The van der Waals surface area contributed by atoms with E-state index in [4.69, 9.17) is 0 Å². The zero-order valence-corrected chi connectivity index (χ0v) is 11.6. The number of aryl methyl sites for hydroxylation is 1. The number of para-hydroxylation sites is 2. The van der Waals surface area contributed by atoms with E-state index in [9.17, 15) is 0 Å². The zero-order valence-electron chi connectivity index (χ0n) is 11.6. The molecule has 0 saturated carbocycles. The SMILES string of the molecule is CC(C)CCCNCc1nc2ccccc2n1C. The summed E-state index contributed by atoms with van der Waals surface area (Å²) in [7, 11) is 2.08. The zero-order chi connectivity index (χ0) is 13.0. The van der Waals surface area contributed by atoms with E-state index in [0.717, 1.165) is 30.3 Å². The van der Waals surface area contributed by atoms with E-state index >= 15 is 0 Å². The van der Waals surface area contributed by atoms with Crippen LogP contribution in [0.25, 0.3) is 11.0 Å². The Bertz CT molecular complexity index is 499. The van der Waals surface area contributed by atoms with Gasteiger partial charge in [0.2, 0.25) is 0 Å². The number of nitrogens with one attached hydrogen (secondary N) is 1. The van der Waals surface area contributed by atoms with Gasteiger partial charge in [0, 0.05) is 7.05 Å². The lowest BCUT2D eigenvalue weighted by molar-refractivity contribution is 0.521. The first-order valence-electron chi connectivity index (χ1n) is 6.79. The Morgan fingerprint density at radius 2 is 2.06 bits per heavy atom. The predicted molar refractivity (Wildman–Crippen MR) is 76.5 cm³/mol. The molecule has 0 radical (unpaired) electrons. The maximum atomic E-state index is 4.65. The lowest BCUT2D eigenvalue weighted by atomic mass is 10.1. The van der Waals surface area contributed by atoms with Crippen LogP contribution < -0.4 is 5.32 Å². The van der Waals surface area contributed by atoms with Gasteiger partial charge < -0.3 is 9.88 Å². The van der Waals surface area contributed by atoms with Crippen molar-refractivity contribution in [2.45, 2.75) is 33.2 Å². The van der Waals surface area contributed by atoms with E-state index in [1.54, 1.807) is 0 Å². The topological polar surface area (TPSA) is 29.9 Å². The molecule has 2 rings (SSSR count). The van der Waals surface area contributed by atoms with E-state index < -0.39 is 0 Å². The van der Waals surface area contributed by atoms with Gasteiger partial charge >= 0.3 is 0 Å². The number of hydrogen-bond donors (Lipinski definition) is 1. The molecule has 0 aliphatic carbocycles. The Balaban J connectivity index is 1.90. The third kappa shape index (κ3) is 3.10. The first-order chi connectivity index (χ1) is 8.68. The Morgan fingerprint density at radius 1 is 1.28 bits per heavy atom. The van der Waals surface area contributed by atoms with Gasteiger partial charge in [-0.05, 0) is 37.4 Å². The van der Waals surface area contributed by atoms with Crippen LogP contribution in [0.4, 0.5) is 0 Å². The molecule has 0 aliphatic heterocycles. The predicted octanol–water partition coefficient (Wildman–Crippen LogP) is 3.10. The van der Waals surface area contributed by atoms with Gasteiger partial charge in [0.25, 0.3) is 0 Å². The second kappa shape index (κ2) is 6.01. The molecule has 3 heteroatoms. The number of rotatable bonds is 6. The van der Waals surface area contributed by atoms with Crippen LogP contribution in [0.3, 0.4) is 0 Å². The lowest BCUT2D eigenvalue weighted by Crippen LogP contribution is -2.17. The summed E-state index contributed by atoms with van der Waals surface area (Å²) in [5.41, 5.74) is 2.29. The monoisotopic (exact) mass is 245 g/mol. The van der Waals surface area contributed by atoms with E-state index in [0.29, 0.717) is 0 Å². The molecule has 3 nitrogen and oxygen atoms in total. The summed E-state index contributed by atoms with van der Waals surface area (Å²) in [5.74, 6) is 1.91. The van der Waals surface area contributed by atoms with Crippen LogP contribution in [0.5, 0.6) is 0 Å². The summed E-state index contributed by atoms with van der Waals surface area (Å²) in [6, 6.07) is 8.28. The molecule has 1 aromatic heterocycles. The molecule has 98 valence electrons. The fourth-order valence-electron chi connectivity index (χ4n) is 2.19. The fraction of sp³-hybridized carbons (Fsp3) is 0.533. The normalized spacial score (nSPS) is 11.6. The molecule has 2 aromatic rings. The van der Waals surface area contributed by atoms with Crippen molar-refractivity contribution in [3.8, 4) is 0 Å². The molecule has 0 atom stereocenters. The Hall–Kier alpha value is -1.35. The van der Waals surface area contributed by atoms with Crippen LogP contribution in [0.15, 0.2) is 24.3 Å². The van der Waals surface area contributed by atoms with Gasteiger partial charge in [0.05, 0.1) is 17.6 Å². The van der Waals surface area contributed by atoms with Crippen LogP contribution in [0.2, 0.25) is 0 Å². The van der Waals surface area contributed by atoms with Crippen molar-refractivity contribution in [2.24, 2.45) is 13.0 Å². The average Bonchev–Trinajstić information content (AvgIpc) is 2.66. The lowest BCUT2D eigenvalue weighted by Gasteiger charge is -2.06. The summed E-state index contributed by atoms with van der Waals surface area (Å²) >= 11 is 0. The third-order valence-corrected chi connectivity index (χ3v) is 3.30. The standard InChI is InChI=1S/C15H23N3/c1-12(2)7-6-10-16-11-15-17-13-8-4-5-9-14(13)18(15)3/h4-5,8-9,12,16H,6-7,10-11H2,1-3H3. The molecule has 18 heavy (non-hydrogen) atoms. The summed E-state index contributed by atoms with van der Waals surface area (Å²) in [6.45, 7) is 6.46. The van der Waals surface area contributed by atoms with E-state index in [1.807, 2.05) is 6.07 Å². The first kappa shape index (κ1) is 13.1. The molecule has 0 aliphatic rings. The average molecular weight is 245 g/mol. The van der Waals surface area contributed by atoms with Crippen molar-refractivity contribution in [2.75, 3.05) is 6.54 Å². The second-order valence-electron chi connectivity index (χ2n) is 5.29. The van der Waals surface area contributed by atoms with Crippen molar-refractivity contribution in [1.82, 2.24) is 14.9 Å². The van der Waals surface area contributed by atoms with Crippen molar-refractivity contribution in [3.63, 3.8) is 0 Å². The third-order valence-electron chi connectivity index (χ3n) is 3.30. The van der Waals surface area contributed by atoms with Crippen LogP contribution in [0, 0.1) is 5.92 Å². The number of hydrogen-bond acceptors (Lipinski definition) is 2. The largest absolute Gasteiger partial charge is 0.330 e. The Kier molecular flexibility index (Phi) is 4.37. The fourth-order valence-corrected chi connectivity index (χ4v) is 2.19. The van der Waals surface area contributed by atoms with Crippen molar-refractivity contribution >= 4 is 11.0 Å². The second-order valence-corrected chi connectivity index (χ2v) is 5.29. The molecule has 1 aromatic carbocycles. The molecule has 0 spiro atoms. The molecule has 0 amide bonds. The minimum atomic E-state index is 0.794. The van der Waals surface area contributed by atoms with Gasteiger partial charge in [-0.15, -0.1) is 0 Å². The molecule has 0 bridgehead atoms. The van der Waals surface area contributed by atoms with Crippen molar-refractivity contribution in [1.29, 1.82) is 0 Å². The van der Waals surface area contributed by atoms with Crippen LogP contribution in [-0.4, -0.2) is 16.1 Å². The number of aromatic nitrogens is 2. The highest BCUT2D eigenvalue weighted by Crippen LogP contribution is 2.13. The Morgan fingerprint density at radius 3 is 2.78 bits per heavy atom. The van der Waals surface area contributed by atoms with Gasteiger partial charge in [-0.25, -0.2) is 4.98 Å². The first-order valence-corrected chi connectivity index (χ1v) is 6.79. The van der Waals surface area contributed by atoms with E-state index in [1.165, 1.54) is 18.4 Å². The maximum Gasteiger partial charge on any atom is 0.123 e. The summed E-state index contributed by atoms with van der Waals surface area (Å²) < 4.78 is 2.17. The highest BCUT2D eigenvalue weighted by molar-refractivity contribution is 5.75. The van der Waals surface area contributed by atoms with E-state index in [2.05, 4.69) is 54.0 Å². The van der Waals surface area contributed by atoms with Gasteiger partial charge in [0.1, 0.15) is 5.82 Å². The van der Waals surface area contributed by atoms with Crippen molar-refractivity contribution in [3.05, 3.63) is 30.1 Å².